The molecule has 2 rings (SSSR count). The molecule has 0 radical (unpaired) electrons. The van der Waals surface area contributed by atoms with Crippen molar-refractivity contribution in [3.8, 4) is 11.4 Å². The molecule has 2 amide bonds. The fourth-order valence-corrected chi connectivity index (χ4v) is 2.42. The summed E-state index contributed by atoms with van der Waals surface area (Å²) in [5, 5.41) is 5.21. The van der Waals surface area contributed by atoms with E-state index >= 15 is 0 Å². The number of benzene rings is 1. The van der Waals surface area contributed by atoms with Crippen molar-refractivity contribution in [2.24, 2.45) is 11.5 Å². The van der Waals surface area contributed by atoms with E-state index in [4.69, 9.17) is 11.5 Å². The van der Waals surface area contributed by atoms with Crippen molar-refractivity contribution in [2.45, 2.75) is 18.9 Å². The third kappa shape index (κ3) is 5.37. The lowest BCUT2D eigenvalue weighted by molar-refractivity contribution is -0.125. The summed E-state index contributed by atoms with van der Waals surface area (Å²) in [5.74, 6) is -0.0333. The number of hydrogen-bond donors (Lipinski definition) is 4. The van der Waals surface area contributed by atoms with Gasteiger partial charge >= 0.3 is 0 Å². The van der Waals surface area contributed by atoms with Crippen LogP contribution in [0.3, 0.4) is 0 Å². The number of rotatable bonds is 8. The number of amides is 2. The smallest absolute Gasteiger partial charge is 0.243 e. The van der Waals surface area contributed by atoms with Crippen LogP contribution in [0.25, 0.3) is 11.4 Å². The SMILES string of the molecule is NCCC[C@H](N)C(=O)NCC(=O)Nc1ccc(-c2ncsn2)cc1. The Bertz CT molecular complexity index is 659. The highest BCUT2D eigenvalue weighted by Crippen LogP contribution is 2.18. The first-order valence-electron chi connectivity index (χ1n) is 7.50. The van der Waals surface area contributed by atoms with Gasteiger partial charge in [0.05, 0.1) is 12.6 Å². The van der Waals surface area contributed by atoms with E-state index in [-0.39, 0.29) is 18.4 Å². The molecule has 9 heteroatoms. The van der Waals surface area contributed by atoms with Gasteiger partial charge in [-0.05, 0) is 55.2 Å². The molecule has 1 atom stereocenters. The summed E-state index contributed by atoms with van der Waals surface area (Å²) in [7, 11) is 0. The van der Waals surface area contributed by atoms with E-state index in [9.17, 15) is 9.59 Å². The second-order valence-corrected chi connectivity index (χ2v) is 5.74. The molecule has 128 valence electrons. The fourth-order valence-electron chi connectivity index (χ4n) is 1.97. The van der Waals surface area contributed by atoms with Crippen LogP contribution >= 0.6 is 11.5 Å². The van der Waals surface area contributed by atoms with Gasteiger partial charge in [-0.25, -0.2) is 4.98 Å². The standard InChI is InChI=1S/C15H20N6O2S/c16-7-1-2-12(17)15(23)18-8-13(22)20-11-5-3-10(4-6-11)14-19-9-24-21-14/h3-6,9,12H,1-2,7-8,16-17H2,(H,18,23)(H,20,22)/t12-/m0/s1. The molecule has 0 spiro atoms. The summed E-state index contributed by atoms with van der Waals surface area (Å²) in [6, 6.07) is 6.50. The minimum atomic E-state index is -0.647. The lowest BCUT2D eigenvalue weighted by atomic mass is 10.1. The molecule has 0 saturated carbocycles. The van der Waals surface area contributed by atoms with Crippen LogP contribution < -0.4 is 22.1 Å². The number of nitrogens with one attached hydrogen (secondary N) is 2. The summed E-state index contributed by atoms with van der Waals surface area (Å²) >= 11 is 1.28. The first-order valence-corrected chi connectivity index (χ1v) is 8.34. The number of anilines is 1. The fraction of sp³-hybridized carbons (Fsp3) is 0.333. The highest BCUT2D eigenvalue weighted by molar-refractivity contribution is 7.03. The van der Waals surface area contributed by atoms with Gasteiger partial charge < -0.3 is 22.1 Å². The van der Waals surface area contributed by atoms with Crippen molar-refractivity contribution in [3.63, 3.8) is 0 Å². The van der Waals surface area contributed by atoms with Crippen molar-refractivity contribution >= 4 is 29.0 Å². The minimum Gasteiger partial charge on any atom is -0.346 e. The molecular formula is C15H20N6O2S. The summed E-state index contributed by atoms with van der Waals surface area (Å²) in [6.07, 6.45) is 1.16. The predicted molar refractivity (Wildman–Crippen MR) is 93.2 cm³/mol. The van der Waals surface area contributed by atoms with E-state index < -0.39 is 6.04 Å². The zero-order valence-corrected chi connectivity index (χ0v) is 13.9. The predicted octanol–water partition coefficient (Wildman–Crippen LogP) is 0.326. The van der Waals surface area contributed by atoms with Crippen molar-refractivity contribution < 1.29 is 9.59 Å². The Balaban J connectivity index is 1.79. The zero-order chi connectivity index (χ0) is 17.4. The Morgan fingerprint density at radius 1 is 1.25 bits per heavy atom. The van der Waals surface area contributed by atoms with Crippen LogP contribution in [-0.4, -0.2) is 40.3 Å². The van der Waals surface area contributed by atoms with E-state index in [1.165, 1.54) is 11.5 Å². The average Bonchev–Trinajstić information content (AvgIpc) is 3.12. The van der Waals surface area contributed by atoms with Gasteiger partial charge in [0.1, 0.15) is 5.51 Å². The van der Waals surface area contributed by atoms with Crippen LogP contribution in [0.15, 0.2) is 29.8 Å². The lowest BCUT2D eigenvalue weighted by Gasteiger charge is -2.12. The molecule has 0 bridgehead atoms. The average molecular weight is 348 g/mol. The van der Waals surface area contributed by atoms with Gasteiger partial charge in [-0.3, -0.25) is 9.59 Å². The van der Waals surface area contributed by atoms with Crippen molar-refractivity contribution in [1.29, 1.82) is 0 Å². The maximum atomic E-state index is 11.9. The zero-order valence-electron chi connectivity index (χ0n) is 13.1. The molecule has 6 N–H and O–H groups in total. The summed E-state index contributed by atoms with van der Waals surface area (Å²) < 4.78 is 4.14. The Kier molecular flexibility index (Phi) is 6.79. The van der Waals surface area contributed by atoms with Crippen molar-refractivity contribution in [1.82, 2.24) is 14.7 Å². The molecule has 2 aromatic rings. The quantitative estimate of drug-likeness (QED) is 0.542. The topological polar surface area (TPSA) is 136 Å². The van der Waals surface area contributed by atoms with Crippen molar-refractivity contribution in [2.75, 3.05) is 18.4 Å². The number of aromatic nitrogens is 2. The first-order chi connectivity index (χ1) is 11.6. The summed E-state index contributed by atoms with van der Waals surface area (Å²) in [4.78, 5) is 27.7. The van der Waals surface area contributed by atoms with E-state index in [0.717, 1.165) is 5.56 Å². The minimum absolute atomic E-state index is 0.134. The van der Waals surface area contributed by atoms with Gasteiger partial charge in [0.25, 0.3) is 0 Å². The van der Waals surface area contributed by atoms with Crippen LogP contribution in [0.4, 0.5) is 5.69 Å². The number of nitrogens with zero attached hydrogens (tertiary/aromatic N) is 2. The van der Waals surface area contributed by atoms with Crippen LogP contribution in [-0.2, 0) is 9.59 Å². The van der Waals surface area contributed by atoms with Gasteiger partial charge in [0, 0.05) is 11.3 Å². The largest absolute Gasteiger partial charge is 0.346 e. The molecular weight excluding hydrogens is 328 g/mol. The maximum Gasteiger partial charge on any atom is 0.243 e. The van der Waals surface area contributed by atoms with Crippen LogP contribution in [0.5, 0.6) is 0 Å². The highest BCUT2D eigenvalue weighted by atomic mass is 32.1. The van der Waals surface area contributed by atoms with Gasteiger partial charge in [-0.1, -0.05) is 0 Å². The van der Waals surface area contributed by atoms with Crippen LogP contribution in [0.1, 0.15) is 12.8 Å². The molecule has 0 aliphatic heterocycles. The third-order valence-electron chi connectivity index (χ3n) is 3.27. The van der Waals surface area contributed by atoms with Crippen LogP contribution in [0, 0.1) is 0 Å². The summed E-state index contributed by atoms with van der Waals surface area (Å²) in [6.45, 7) is 0.346. The number of carbonyl (C=O) groups is 2. The van der Waals surface area contributed by atoms with E-state index in [2.05, 4.69) is 20.0 Å². The molecule has 0 aliphatic carbocycles. The number of nitrogens with two attached hydrogens (primary N) is 2. The molecule has 0 fully saturated rings. The van der Waals surface area contributed by atoms with Crippen molar-refractivity contribution in [3.05, 3.63) is 29.8 Å². The van der Waals surface area contributed by atoms with Gasteiger partial charge in [0.15, 0.2) is 5.82 Å². The number of carbonyl (C=O) groups excluding carboxylic acids is 2. The Hall–Kier alpha value is -2.36. The van der Waals surface area contributed by atoms with Crippen LogP contribution in [0.2, 0.25) is 0 Å². The lowest BCUT2D eigenvalue weighted by Crippen LogP contribution is -2.43. The molecule has 0 saturated heterocycles. The summed E-state index contributed by atoms with van der Waals surface area (Å²) in [5.41, 5.74) is 14.2. The molecule has 8 nitrogen and oxygen atoms in total. The molecule has 24 heavy (non-hydrogen) atoms. The molecule has 0 aliphatic rings. The monoisotopic (exact) mass is 348 g/mol. The number of hydrogen-bond acceptors (Lipinski definition) is 7. The second-order valence-electron chi connectivity index (χ2n) is 5.14. The molecule has 1 aromatic heterocycles. The van der Waals surface area contributed by atoms with Gasteiger partial charge in [-0.15, -0.1) is 0 Å². The molecule has 1 heterocycles. The third-order valence-corrected chi connectivity index (χ3v) is 3.75. The Morgan fingerprint density at radius 3 is 2.62 bits per heavy atom. The maximum absolute atomic E-state index is 11.9. The Morgan fingerprint density at radius 2 is 2.00 bits per heavy atom. The normalized spacial score (nSPS) is 11.8. The molecule has 0 unspecified atom stereocenters. The first kappa shape index (κ1) is 18.0. The van der Waals surface area contributed by atoms with E-state index in [0.29, 0.717) is 30.9 Å². The van der Waals surface area contributed by atoms with Gasteiger partial charge in [-0.2, -0.15) is 4.37 Å². The van der Waals surface area contributed by atoms with E-state index in [1.807, 2.05) is 12.1 Å². The highest BCUT2D eigenvalue weighted by Gasteiger charge is 2.13. The second kappa shape index (κ2) is 9.06. The molecule has 1 aromatic carbocycles. The van der Waals surface area contributed by atoms with Gasteiger partial charge in [0.2, 0.25) is 11.8 Å². The Labute approximate surface area is 143 Å². The van der Waals surface area contributed by atoms with E-state index in [1.54, 1.807) is 17.6 Å².